The number of hydrogen-bond donors (Lipinski definition) is 0. The summed E-state index contributed by atoms with van der Waals surface area (Å²) in [6.45, 7) is 3.89. The second kappa shape index (κ2) is 9.21. The zero-order valence-electron chi connectivity index (χ0n) is 18.3. The number of carbonyl (C=O) groups excluding carboxylic acids is 2. The molecular formula is C24H25NO7. The van der Waals surface area contributed by atoms with Crippen molar-refractivity contribution >= 4 is 24.0 Å². The summed E-state index contributed by atoms with van der Waals surface area (Å²) < 4.78 is 27.4. The molecule has 0 radical (unpaired) electrons. The molecule has 0 saturated carbocycles. The van der Waals surface area contributed by atoms with Gasteiger partial charge < -0.3 is 28.6 Å². The summed E-state index contributed by atoms with van der Waals surface area (Å²) in [4.78, 5) is 24.6. The number of ether oxygens (including phenoxy) is 5. The molecule has 168 valence electrons. The highest BCUT2D eigenvalue weighted by atomic mass is 16.7. The van der Waals surface area contributed by atoms with E-state index in [1.54, 1.807) is 18.9 Å². The minimum atomic E-state index is -0.371. The maximum atomic E-state index is 11.6. The van der Waals surface area contributed by atoms with Crippen molar-refractivity contribution in [2.24, 2.45) is 0 Å². The fourth-order valence-corrected chi connectivity index (χ4v) is 3.52. The van der Waals surface area contributed by atoms with Crippen LogP contribution in [0.3, 0.4) is 0 Å². The van der Waals surface area contributed by atoms with Crippen LogP contribution in [-0.4, -0.2) is 44.0 Å². The van der Waals surface area contributed by atoms with Gasteiger partial charge in [0.25, 0.3) is 0 Å². The molecule has 0 N–H and O–H groups in total. The van der Waals surface area contributed by atoms with Crippen molar-refractivity contribution in [1.82, 2.24) is 4.90 Å². The van der Waals surface area contributed by atoms with E-state index in [4.69, 9.17) is 23.7 Å². The molecule has 8 nitrogen and oxygen atoms in total. The molecule has 1 amide bonds. The van der Waals surface area contributed by atoms with E-state index in [-0.39, 0.29) is 32.1 Å². The summed E-state index contributed by atoms with van der Waals surface area (Å²) in [6, 6.07) is 7.62. The molecule has 8 heteroatoms. The van der Waals surface area contributed by atoms with Gasteiger partial charge in [-0.05, 0) is 41.3 Å². The van der Waals surface area contributed by atoms with E-state index in [1.165, 1.54) is 6.92 Å². The molecule has 0 saturated heterocycles. The van der Waals surface area contributed by atoms with Gasteiger partial charge in [-0.2, -0.15) is 0 Å². The Morgan fingerprint density at radius 2 is 1.66 bits per heavy atom. The molecule has 0 unspecified atom stereocenters. The summed E-state index contributed by atoms with van der Waals surface area (Å²) in [5, 5.41) is 0. The highest BCUT2D eigenvalue weighted by Crippen LogP contribution is 2.39. The number of esters is 1. The Balaban J connectivity index is 1.65. The lowest BCUT2D eigenvalue weighted by atomic mass is 10.00. The van der Waals surface area contributed by atoms with E-state index in [0.717, 1.165) is 22.3 Å². The SMILES string of the molecule is CC(=O)OCc1c(/C=C/c2cc3c(cc2CCN(C)C(C)=O)OCO3)ccc2c1OCO2. The normalized spacial score (nSPS) is 13.5. The lowest BCUT2D eigenvalue weighted by Gasteiger charge is -2.16. The van der Waals surface area contributed by atoms with Gasteiger partial charge in [-0.15, -0.1) is 0 Å². The molecule has 2 aliphatic rings. The molecule has 0 spiro atoms. The van der Waals surface area contributed by atoms with Crippen LogP contribution < -0.4 is 18.9 Å². The quantitative estimate of drug-likeness (QED) is 0.483. The third-order valence-corrected chi connectivity index (χ3v) is 5.43. The number of hydrogen-bond acceptors (Lipinski definition) is 7. The minimum absolute atomic E-state index is 0.0123. The minimum Gasteiger partial charge on any atom is -0.461 e. The molecule has 0 aromatic heterocycles. The predicted octanol–water partition coefficient (Wildman–Crippen LogP) is 3.40. The fourth-order valence-electron chi connectivity index (χ4n) is 3.52. The second-order valence-electron chi connectivity index (χ2n) is 7.58. The van der Waals surface area contributed by atoms with Crippen molar-refractivity contribution in [2.75, 3.05) is 27.2 Å². The highest BCUT2D eigenvalue weighted by molar-refractivity contribution is 5.77. The van der Waals surface area contributed by atoms with Crippen molar-refractivity contribution in [3.8, 4) is 23.0 Å². The molecule has 2 heterocycles. The van der Waals surface area contributed by atoms with Crippen LogP contribution >= 0.6 is 0 Å². The smallest absolute Gasteiger partial charge is 0.302 e. The zero-order valence-corrected chi connectivity index (χ0v) is 18.3. The molecule has 2 aromatic carbocycles. The number of benzene rings is 2. The van der Waals surface area contributed by atoms with Crippen LogP contribution in [0.15, 0.2) is 24.3 Å². The largest absolute Gasteiger partial charge is 0.461 e. The fraction of sp³-hybridized carbons (Fsp3) is 0.333. The van der Waals surface area contributed by atoms with Crippen molar-refractivity contribution in [3.63, 3.8) is 0 Å². The van der Waals surface area contributed by atoms with E-state index < -0.39 is 0 Å². The van der Waals surface area contributed by atoms with Crippen molar-refractivity contribution < 1.29 is 33.3 Å². The Bertz CT molecular complexity index is 1080. The summed E-state index contributed by atoms with van der Waals surface area (Å²) in [5.41, 5.74) is 3.56. The Kier molecular flexibility index (Phi) is 6.20. The van der Waals surface area contributed by atoms with Crippen LogP contribution in [0.5, 0.6) is 23.0 Å². The Morgan fingerprint density at radius 3 is 2.41 bits per heavy atom. The lowest BCUT2D eigenvalue weighted by molar-refractivity contribution is -0.142. The molecule has 0 atom stereocenters. The second-order valence-corrected chi connectivity index (χ2v) is 7.58. The molecule has 4 rings (SSSR count). The van der Waals surface area contributed by atoms with Crippen LogP contribution in [0.25, 0.3) is 12.2 Å². The van der Waals surface area contributed by atoms with Crippen molar-refractivity contribution in [2.45, 2.75) is 26.9 Å². The molecule has 0 aliphatic carbocycles. The number of fused-ring (bicyclic) bond motifs is 2. The van der Waals surface area contributed by atoms with Crippen LogP contribution in [0.1, 0.15) is 36.1 Å². The van der Waals surface area contributed by atoms with Gasteiger partial charge in [0, 0.05) is 33.0 Å². The van der Waals surface area contributed by atoms with E-state index in [1.807, 2.05) is 36.4 Å². The van der Waals surface area contributed by atoms with E-state index in [0.29, 0.717) is 36.0 Å². The number of carbonyl (C=O) groups is 2. The third kappa shape index (κ3) is 4.64. The molecular weight excluding hydrogens is 414 g/mol. The molecule has 2 aromatic rings. The molecule has 0 fully saturated rings. The van der Waals surface area contributed by atoms with E-state index in [9.17, 15) is 9.59 Å². The van der Waals surface area contributed by atoms with E-state index in [2.05, 4.69) is 0 Å². The Morgan fingerprint density at radius 1 is 0.969 bits per heavy atom. The predicted molar refractivity (Wildman–Crippen MR) is 117 cm³/mol. The van der Waals surface area contributed by atoms with Gasteiger partial charge in [0.15, 0.2) is 23.0 Å². The highest BCUT2D eigenvalue weighted by Gasteiger charge is 2.21. The van der Waals surface area contributed by atoms with E-state index >= 15 is 0 Å². The van der Waals surface area contributed by atoms with Crippen LogP contribution in [0.4, 0.5) is 0 Å². The van der Waals surface area contributed by atoms with Gasteiger partial charge in [0.2, 0.25) is 19.5 Å². The average Bonchev–Trinajstić information content (AvgIpc) is 3.42. The van der Waals surface area contributed by atoms with Gasteiger partial charge in [0.1, 0.15) is 6.61 Å². The maximum Gasteiger partial charge on any atom is 0.302 e. The van der Waals surface area contributed by atoms with Crippen molar-refractivity contribution in [1.29, 1.82) is 0 Å². The first-order valence-electron chi connectivity index (χ1n) is 10.3. The topological polar surface area (TPSA) is 83.5 Å². The van der Waals surface area contributed by atoms with Crippen LogP contribution in [-0.2, 0) is 27.4 Å². The monoisotopic (exact) mass is 439 g/mol. The molecule has 2 aliphatic heterocycles. The van der Waals surface area contributed by atoms with Gasteiger partial charge in [-0.3, -0.25) is 9.59 Å². The number of likely N-dealkylation sites (N-methyl/N-ethyl adjacent to an activating group) is 1. The summed E-state index contributed by atoms with van der Waals surface area (Å²) in [7, 11) is 1.78. The van der Waals surface area contributed by atoms with Crippen molar-refractivity contribution in [3.05, 3.63) is 46.5 Å². The lowest BCUT2D eigenvalue weighted by Crippen LogP contribution is -2.26. The summed E-state index contributed by atoms with van der Waals surface area (Å²) >= 11 is 0. The molecule has 0 bridgehead atoms. The van der Waals surface area contributed by atoms with Gasteiger partial charge in [0.05, 0.1) is 0 Å². The van der Waals surface area contributed by atoms with Crippen LogP contribution in [0.2, 0.25) is 0 Å². The Hall–Kier alpha value is -3.68. The van der Waals surface area contributed by atoms with Gasteiger partial charge >= 0.3 is 5.97 Å². The Labute approximate surface area is 186 Å². The summed E-state index contributed by atoms with van der Waals surface area (Å²) in [5.74, 6) is 2.23. The van der Waals surface area contributed by atoms with Gasteiger partial charge in [-0.1, -0.05) is 18.2 Å². The molecule has 32 heavy (non-hydrogen) atoms. The zero-order chi connectivity index (χ0) is 22.7. The first-order chi connectivity index (χ1) is 15.4. The summed E-state index contributed by atoms with van der Waals surface area (Å²) in [6.07, 6.45) is 4.57. The maximum absolute atomic E-state index is 11.6. The average molecular weight is 439 g/mol. The number of nitrogens with zero attached hydrogens (tertiary/aromatic N) is 1. The number of rotatable bonds is 7. The standard InChI is InChI=1S/C24H25NO7/c1-15(26)25(3)9-8-19-11-23-22(30-13-31-23)10-18(19)5-4-17-6-7-21-24(32-14-29-21)20(17)12-28-16(2)27/h4-7,10-11H,8-9,12-14H2,1-3H3/b5-4+. The first kappa shape index (κ1) is 21.5. The first-order valence-corrected chi connectivity index (χ1v) is 10.3. The third-order valence-electron chi connectivity index (χ3n) is 5.43. The number of amides is 1. The van der Waals surface area contributed by atoms with Gasteiger partial charge in [-0.25, -0.2) is 0 Å². The van der Waals surface area contributed by atoms with Crippen LogP contribution in [0, 0.1) is 0 Å².